The van der Waals surface area contributed by atoms with E-state index in [1.54, 1.807) is 46.1 Å². The van der Waals surface area contributed by atoms with Gasteiger partial charge in [-0.05, 0) is 31.2 Å². The predicted molar refractivity (Wildman–Crippen MR) is 109 cm³/mol. The van der Waals surface area contributed by atoms with Gasteiger partial charge in [-0.25, -0.2) is 13.1 Å². The van der Waals surface area contributed by atoms with Crippen LogP contribution in [0.2, 0.25) is 0 Å². The lowest BCUT2D eigenvalue weighted by Gasteiger charge is -2.34. The molecule has 1 fully saturated rings. The van der Waals surface area contributed by atoms with Gasteiger partial charge in [0.1, 0.15) is 0 Å². The summed E-state index contributed by atoms with van der Waals surface area (Å²) in [5.74, 6) is -0.124. The molecule has 2 aromatic carbocycles. The monoisotopic (exact) mass is 410 g/mol. The molecule has 0 bridgehead atoms. The van der Waals surface area contributed by atoms with Gasteiger partial charge in [-0.15, -0.1) is 0 Å². The van der Waals surface area contributed by atoms with Crippen LogP contribution in [0.5, 0.6) is 0 Å². The third kappa shape index (κ3) is 3.68. The minimum atomic E-state index is -3.54. The van der Waals surface area contributed by atoms with E-state index in [2.05, 4.69) is 5.10 Å². The Hall–Kier alpha value is -2.97. The highest BCUT2D eigenvalue weighted by molar-refractivity contribution is 7.89. The Morgan fingerprint density at radius 1 is 0.897 bits per heavy atom. The van der Waals surface area contributed by atoms with Crippen LogP contribution in [-0.2, 0) is 10.0 Å². The Bertz CT molecular complexity index is 1100. The van der Waals surface area contributed by atoms with Crippen molar-refractivity contribution in [2.75, 3.05) is 26.2 Å². The summed E-state index contributed by atoms with van der Waals surface area (Å²) in [6.45, 7) is 3.11. The fourth-order valence-electron chi connectivity index (χ4n) is 3.49. The fraction of sp³-hybridized carbons (Fsp3) is 0.238. The summed E-state index contributed by atoms with van der Waals surface area (Å²) < 4.78 is 28.7. The Kier molecular flexibility index (Phi) is 5.21. The highest BCUT2D eigenvalue weighted by Crippen LogP contribution is 2.20. The number of sulfonamides is 1. The summed E-state index contributed by atoms with van der Waals surface area (Å²) in [5, 5.41) is 4.36. The zero-order valence-electron chi connectivity index (χ0n) is 16.1. The molecule has 0 N–H and O–H groups in total. The lowest BCUT2D eigenvalue weighted by atomic mass is 10.2. The summed E-state index contributed by atoms with van der Waals surface area (Å²) in [5.41, 5.74) is 2.19. The molecule has 1 aliphatic heterocycles. The van der Waals surface area contributed by atoms with Crippen LogP contribution in [0.25, 0.3) is 5.69 Å². The molecule has 1 aromatic heterocycles. The first-order valence-corrected chi connectivity index (χ1v) is 10.9. The molecule has 2 heterocycles. The van der Waals surface area contributed by atoms with Crippen LogP contribution in [0, 0.1) is 6.92 Å². The maximum Gasteiger partial charge on any atom is 0.257 e. The highest BCUT2D eigenvalue weighted by Gasteiger charge is 2.31. The van der Waals surface area contributed by atoms with Crippen LogP contribution in [0.3, 0.4) is 0 Å². The summed E-state index contributed by atoms with van der Waals surface area (Å²) in [4.78, 5) is 15.0. The number of piperazine rings is 1. The molecule has 7 nitrogen and oxygen atoms in total. The van der Waals surface area contributed by atoms with Crippen LogP contribution in [0.15, 0.2) is 71.8 Å². The molecule has 29 heavy (non-hydrogen) atoms. The Labute approximate surface area is 170 Å². The quantitative estimate of drug-likeness (QED) is 0.662. The summed E-state index contributed by atoms with van der Waals surface area (Å²) in [6, 6.07) is 18.0. The zero-order valence-corrected chi connectivity index (χ0v) is 16.9. The number of rotatable bonds is 4. The zero-order chi connectivity index (χ0) is 20.4. The molecule has 0 unspecified atom stereocenters. The molecule has 0 radical (unpaired) electrons. The molecule has 0 spiro atoms. The van der Waals surface area contributed by atoms with Crippen molar-refractivity contribution in [2.45, 2.75) is 11.8 Å². The minimum Gasteiger partial charge on any atom is -0.336 e. The molecular weight excluding hydrogens is 388 g/mol. The van der Waals surface area contributed by atoms with E-state index in [0.29, 0.717) is 18.7 Å². The van der Waals surface area contributed by atoms with E-state index in [4.69, 9.17) is 0 Å². The van der Waals surface area contributed by atoms with Gasteiger partial charge < -0.3 is 4.90 Å². The fourth-order valence-corrected chi connectivity index (χ4v) is 4.94. The van der Waals surface area contributed by atoms with Crippen LogP contribution < -0.4 is 0 Å². The van der Waals surface area contributed by atoms with Gasteiger partial charge >= 0.3 is 0 Å². The number of benzene rings is 2. The number of amides is 1. The number of para-hydroxylation sites is 1. The van der Waals surface area contributed by atoms with Crippen LogP contribution in [-0.4, -0.2) is 59.5 Å². The number of hydrogen-bond donors (Lipinski definition) is 0. The molecule has 0 saturated carbocycles. The number of aromatic nitrogens is 2. The number of carbonyl (C=O) groups is 1. The molecule has 0 atom stereocenters. The predicted octanol–water partition coefficient (Wildman–Crippen LogP) is 2.33. The lowest BCUT2D eigenvalue weighted by molar-refractivity contribution is 0.0697. The van der Waals surface area contributed by atoms with Crippen molar-refractivity contribution in [1.82, 2.24) is 19.0 Å². The van der Waals surface area contributed by atoms with Gasteiger partial charge in [0.2, 0.25) is 10.0 Å². The smallest absolute Gasteiger partial charge is 0.257 e. The molecule has 4 rings (SSSR count). The molecule has 0 aliphatic carbocycles. The average molecular weight is 410 g/mol. The SMILES string of the molecule is Cc1c(C(=O)N2CCN(S(=O)(=O)c3ccccc3)CC2)cnn1-c1ccccc1. The second-order valence-corrected chi connectivity index (χ2v) is 8.84. The first-order chi connectivity index (χ1) is 14.0. The van der Waals surface area contributed by atoms with Gasteiger partial charge in [0.25, 0.3) is 5.91 Å². The molecule has 1 amide bonds. The van der Waals surface area contributed by atoms with Crippen molar-refractivity contribution in [1.29, 1.82) is 0 Å². The van der Waals surface area contributed by atoms with E-state index in [1.807, 2.05) is 37.3 Å². The third-order valence-corrected chi connectivity index (χ3v) is 7.06. The van der Waals surface area contributed by atoms with Gasteiger partial charge in [0.15, 0.2) is 0 Å². The van der Waals surface area contributed by atoms with E-state index in [9.17, 15) is 13.2 Å². The van der Waals surface area contributed by atoms with Crippen molar-refractivity contribution in [3.8, 4) is 5.69 Å². The van der Waals surface area contributed by atoms with Crippen molar-refractivity contribution in [3.63, 3.8) is 0 Å². The minimum absolute atomic E-state index is 0.124. The van der Waals surface area contributed by atoms with Crippen LogP contribution in [0.1, 0.15) is 16.1 Å². The van der Waals surface area contributed by atoms with Crippen molar-refractivity contribution in [3.05, 3.63) is 78.1 Å². The van der Waals surface area contributed by atoms with Gasteiger partial charge in [0.05, 0.1) is 28.0 Å². The first kappa shape index (κ1) is 19.4. The van der Waals surface area contributed by atoms with E-state index < -0.39 is 10.0 Å². The van der Waals surface area contributed by atoms with Crippen LogP contribution >= 0.6 is 0 Å². The maximum atomic E-state index is 13.0. The lowest BCUT2D eigenvalue weighted by Crippen LogP contribution is -2.50. The van der Waals surface area contributed by atoms with Gasteiger partial charge in [-0.2, -0.15) is 9.40 Å². The molecular formula is C21H22N4O3S. The standard InChI is InChI=1S/C21H22N4O3S/c1-17-20(16-22-25(17)18-8-4-2-5-9-18)21(26)23-12-14-24(15-13-23)29(27,28)19-10-6-3-7-11-19/h2-11,16H,12-15H2,1H3. The van der Waals surface area contributed by atoms with Gasteiger partial charge in [0, 0.05) is 26.2 Å². The summed E-state index contributed by atoms with van der Waals surface area (Å²) in [7, 11) is -3.54. The van der Waals surface area contributed by atoms with E-state index >= 15 is 0 Å². The van der Waals surface area contributed by atoms with E-state index in [1.165, 1.54) is 4.31 Å². The van der Waals surface area contributed by atoms with Crippen molar-refractivity contribution in [2.24, 2.45) is 0 Å². The molecule has 150 valence electrons. The van der Waals surface area contributed by atoms with E-state index in [0.717, 1.165) is 11.4 Å². The Morgan fingerprint density at radius 3 is 2.10 bits per heavy atom. The molecule has 1 aliphatic rings. The molecule has 8 heteroatoms. The van der Waals surface area contributed by atoms with Crippen molar-refractivity contribution < 1.29 is 13.2 Å². The normalized spacial score (nSPS) is 15.4. The Morgan fingerprint density at radius 2 is 1.48 bits per heavy atom. The maximum absolute atomic E-state index is 13.0. The summed E-state index contributed by atoms with van der Waals surface area (Å²) in [6.07, 6.45) is 1.58. The number of nitrogens with zero attached hydrogens (tertiary/aromatic N) is 4. The van der Waals surface area contributed by atoms with Crippen LogP contribution in [0.4, 0.5) is 0 Å². The van der Waals surface area contributed by atoms with Gasteiger partial charge in [-0.1, -0.05) is 36.4 Å². The highest BCUT2D eigenvalue weighted by atomic mass is 32.2. The van der Waals surface area contributed by atoms with E-state index in [-0.39, 0.29) is 23.9 Å². The average Bonchev–Trinajstić information content (AvgIpc) is 3.16. The second-order valence-electron chi connectivity index (χ2n) is 6.90. The largest absolute Gasteiger partial charge is 0.336 e. The number of hydrogen-bond acceptors (Lipinski definition) is 4. The first-order valence-electron chi connectivity index (χ1n) is 9.43. The molecule has 1 saturated heterocycles. The third-order valence-electron chi connectivity index (χ3n) is 5.15. The second kappa shape index (κ2) is 7.81. The Balaban J connectivity index is 1.47. The van der Waals surface area contributed by atoms with Gasteiger partial charge in [-0.3, -0.25) is 4.79 Å². The van der Waals surface area contributed by atoms with Crippen molar-refractivity contribution >= 4 is 15.9 Å². The molecule has 3 aromatic rings. The summed E-state index contributed by atoms with van der Waals surface area (Å²) >= 11 is 0. The topological polar surface area (TPSA) is 75.5 Å². The number of carbonyl (C=O) groups excluding carboxylic acids is 1.